The quantitative estimate of drug-likeness (QED) is 0.932. The van der Waals surface area contributed by atoms with Crippen molar-refractivity contribution in [1.29, 1.82) is 0 Å². The fourth-order valence-electron chi connectivity index (χ4n) is 2.65. The van der Waals surface area contributed by atoms with E-state index in [9.17, 15) is 4.79 Å². The van der Waals surface area contributed by atoms with Gasteiger partial charge in [-0.05, 0) is 30.7 Å². The number of carbonyl (C=O) groups excluding carboxylic acids is 1. The van der Waals surface area contributed by atoms with Crippen LogP contribution in [0.5, 0.6) is 0 Å². The molecule has 0 saturated carbocycles. The molecule has 1 amide bonds. The molecule has 1 aromatic heterocycles. The van der Waals surface area contributed by atoms with Crippen molar-refractivity contribution in [2.75, 3.05) is 18.0 Å². The van der Waals surface area contributed by atoms with E-state index in [0.717, 1.165) is 25.2 Å². The SMILES string of the molecule is O=C(Cn1cccn1)N[C@@H]1CCN(c2ccc(Cl)cc2Cl)C1. The minimum absolute atomic E-state index is 0.0299. The summed E-state index contributed by atoms with van der Waals surface area (Å²) in [5.41, 5.74) is 0.954. The molecule has 0 radical (unpaired) electrons. The molecule has 1 saturated heterocycles. The zero-order chi connectivity index (χ0) is 15.5. The molecule has 0 unspecified atom stereocenters. The molecule has 2 aromatic rings. The van der Waals surface area contributed by atoms with Crippen molar-refractivity contribution in [3.63, 3.8) is 0 Å². The zero-order valence-electron chi connectivity index (χ0n) is 11.9. The Labute approximate surface area is 138 Å². The first-order valence-electron chi connectivity index (χ1n) is 7.08. The Morgan fingerprint density at radius 1 is 1.41 bits per heavy atom. The lowest BCUT2D eigenvalue weighted by atomic mass is 10.2. The minimum Gasteiger partial charge on any atom is -0.368 e. The molecule has 7 heteroatoms. The van der Waals surface area contributed by atoms with Gasteiger partial charge in [0.15, 0.2) is 0 Å². The lowest BCUT2D eigenvalue weighted by molar-refractivity contribution is -0.122. The van der Waals surface area contributed by atoms with E-state index in [1.54, 1.807) is 29.2 Å². The fourth-order valence-corrected chi connectivity index (χ4v) is 3.18. The summed E-state index contributed by atoms with van der Waals surface area (Å²) in [6.45, 7) is 1.84. The second kappa shape index (κ2) is 6.58. The third kappa shape index (κ3) is 3.54. The van der Waals surface area contributed by atoms with Gasteiger partial charge in [-0.25, -0.2) is 0 Å². The van der Waals surface area contributed by atoms with Gasteiger partial charge >= 0.3 is 0 Å². The van der Waals surface area contributed by atoms with Crippen LogP contribution in [0.3, 0.4) is 0 Å². The number of nitrogens with zero attached hydrogens (tertiary/aromatic N) is 3. The van der Waals surface area contributed by atoms with Crippen LogP contribution in [0, 0.1) is 0 Å². The number of amides is 1. The van der Waals surface area contributed by atoms with Crippen molar-refractivity contribution in [3.8, 4) is 0 Å². The molecule has 0 aliphatic carbocycles. The first kappa shape index (κ1) is 15.2. The molecule has 0 spiro atoms. The van der Waals surface area contributed by atoms with Crippen LogP contribution in [0.4, 0.5) is 5.69 Å². The minimum atomic E-state index is -0.0299. The van der Waals surface area contributed by atoms with E-state index in [1.165, 1.54) is 0 Å². The lowest BCUT2D eigenvalue weighted by Crippen LogP contribution is -2.39. The van der Waals surface area contributed by atoms with Crippen LogP contribution in [0.2, 0.25) is 10.0 Å². The maximum absolute atomic E-state index is 12.0. The first-order chi connectivity index (χ1) is 10.6. The molecule has 0 bridgehead atoms. The Morgan fingerprint density at radius 2 is 2.27 bits per heavy atom. The smallest absolute Gasteiger partial charge is 0.242 e. The number of benzene rings is 1. The van der Waals surface area contributed by atoms with Gasteiger partial charge in [-0.3, -0.25) is 9.48 Å². The molecule has 116 valence electrons. The number of aromatic nitrogens is 2. The van der Waals surface area contributed by atoms with Gasteiger partial charge in [0.05, 0.1) is 10.7 Å². The molecule has 1 atom stereocenters. The second-order valence-electron chi connectivity index (χ2n) is 5.30. The number of hydrogen-bond acceptors (Lipinski definition) is 3. The monoisotopic (exact) mass is 338 g/mol. The molecule has 1 aromatic carbocycles. The summed E-state index contributed by atoms with van der Waals surface area (Å²) in [6.07, 6.45) is 4.32. The van der Waals surface area contributed by atoms with Crippen LogP contribution in [0.15, 0.2) is 36.7 Å². The highest BCUT2D eigenvalue weighted by Crippen LogP contribution is 2.31. The third-order valence-corrected chi connectivity index (χ3v) is 4.21. The first-order valence-corrected chi connectivity index (χ1v) is 7.84. The van der Waals surface area contributed by atoms with Crippen molar-refractivity contribution in [2.45, 2.75) is 19.0 Å². The van der Waals surface area contributed by atoms with E-state index in [2.05, 4.69) is 15.3 Å². The maximum Gasteiger partial charge on any atom is 0.242 e. The second-order valence-corrected chi connectivity index (χ2v) is 6.14. The fraction of sp³-hybridized carbons (Fsp3) is 0.333. The van der Waals surface area contributed by atoms with E-state index < -0.39 is 0 Å². The number of nitrogens with one attached hydrogen (secondary N) is 1. The molecule has 1 fully saturated rings. The van der Waals surface area contributed by atoms with E-state index >= 15 is 0 Å². The summed E-state index contributed by atoms with van der Waals surface area (Å²) in [4.78, 5) is 14.2. The normalized spacial score (nSPS) is 17.7. The predicted octanol–water partition coefficient (Wildman–Crippen LogP) is 2.59. The summed E-state index contributed by atoms with van der Waals surface area (Å²) in [6, 6.07) is 7.40. The Hall–Kier alpha value is -1.72. The van der Waals surface area contributed by atoms with Crippen LogP contribution in [-0.2, 0) is 11.3 Å². The Morgan fingerprint density at radius 3 is 3.00 bits per heavy atom. The summed E-state index contributed by atoms with van der Waals surface area (Å²) < 4.78 is 1.61. The topological polar surface area (TPSA) is 50.2 Å². The van der Waals surface area contributed by atoms with Crippen LogP contribution in [0.25, 0.3) is 0 Å². The van der Waals surface area contributed by atoms with Gasteiger partial charge in [0.25, 0.3) is 0 Å². The highest BCUT2D eigenvalue weighted by Gasteiger charge is 2.25. The molecule has 3 rings (SSSR count). The van der Waals surface area contributed by atoms with Crippen molar-refractivity contribution >= 4 is 34.8 Å². The van der Waals surface area contributed by atoms with Gasteiger partial charge < -0.3 is 10.2 Å². The molecule has 1 aliphatic heterocycles. The molecule has 5 nitrogen and oxygen atoms in total. The summed E-state index contributed by atoms with van der Waals surface area (Å²) >= 11 is 12.2. The molecule has 22 heavy (non-hydrogen) atoms. The van der Waals surface area contributed by atoms with E-state index in [0.29, 0.717) is 10.0 Å². The Bertz CT molecular complexity index is 660. The summed E-state index contributed by atoms with van der Waals surface area (Å²) in [5.74, 6) is -0.0299. The lowest BCUT2D eigenvalue weighted by Gasteiger charge is -2.20. The van der Waals surface area contributed by atoms with Gasteiger partial charge in [-0.2, -0.15) is 5.10 Å². The van der Waals surface area contributed by atoms with Crippen LogP contribution in [-0.4, -0.2) is 34.8 Å². The van der Waals surface area contributed by atoms with Crippen LogP contribution in [0.1, 0.15) is 6.42 Å². The molecular weight excluding hydrogens is 323 g/mol. The third-order valence-electron chi connectivity index (χ3n) is 3.67. The number of anilines is 1. The van der Waals surface area contributed by atoms with Gasteiger partial charge in [-0.1, -0.05) is 23.2 Å². The van der Waals surface area contributed by atoms with E-state index in [1.807, 2.05) is 12.1 Å². The number of halogens is 2. The number of carbonyl (C=O) groups is 1. The summed E-state index contributed by atoms with van der Waals surface area (Å²) in [7, 11) is 0. The van der Waals surface area contributed by atoms with Crippen LogP contribution >= 0.6 is 23.2 Å². The zero-order valence-corrected chi connectivity index (χ0v) is 13.4. The average Bonchev–Trinajstić information content (AvgIpc) is 3.10. The highest BCUT2D eigenvalue weighted by molar-refractivity contribution is 6.36. The summed E-state index contributed by atoms with van der Waals surface area (Å²) in [5, 5.41) is 8.32. The van der Waals surface area contributed by atoms with E-state index in [-0.39, 0.29) is 18.5 Å². The maximum atomic E-state index is 12.0. The molecular formula is C15H16Cl2N4O. The van der Waals surface area contributed by atoms with Gasteiger partial charge in [0.1, 0.15) is 6.54 Å². The molecule has 1 aliphatic rings. The number of hydrogen-bond donors (Lipinski definition) is 1. The van der Waals surface area contributed by atoms with Gasteiger partial charge in [-0.15, -0.1) is 0 Å². The van der Waals surface area contributed by atoms with Crippen molar-refractivity contribution < 1.29 is 4.79 Å². The number of rotatable bonds is 4. The standard InChI is InChI=1S/C15H16Cl2N4O/c16-11-2-3-14(13(17)8-11)20-7-4-12(9-20)19-15(22)10-21-6-1-5-18-21/h1-3,5-6,8,12H,4,7,9-10H2,(H,19,22)/t12-/m1/s1. The Balaban J connectivity index is 1.57. The van der Waals surface area contributed by atoms with Crippen molar-refractivity contribution in [3.05, 3.63) is 46.7 Å². The highest BCUT2D eigenvalue weighted by atomic mass is 35.5. The van der Waals surface area contributed by atoms with E-state index in [4.69, 9.17) is 23.2 Å². The average molecular weight is 339 g/mol. The van der Waals surface area contributed by atoms with Crippen molar-refractivity contribution in [1.82, 2.24) is 15.1 Å². The van der Waals surface area contributed by atoms with Gasteiger partial charge in [0, 0.05) is 36.5 Å². The van der Waals surface area contributed by atoms with Crippen molar-refractivity contribution in [2.24, 2.45) is 0 Å². The predicted molar refractivity (Wildman–Crippen MR) is 87.4 cm³/mol. The molecule has 1 N–H and O–H groups in total. The Kier molecular flexibility index (Phi) is 4.55. The largest absolute Gasteiger partial charge is 0.368 e. The van der Waals surface area contributed by atoms with Crippen LogP contribution < -0.4 is 10.2 Å². The molecule has 2 heterocycles. The van der Waals surface area contributed by atoms with Gasteiger partial charge in [0.2, 0.25) is 5.91 Å².